The van der Waals surface area contributed by atoms with Crippen molar-refractivity contribution in [3.05, 3.63) is 39.7 Å². The molecule has 13 nitrogen and oxygen atoms in total. The highest BCUT2D eigenvalue weighted by Gasteiger charge is 2.64. The molecule has 0 heterocycles. The number of nitrogens with zero attached hydrogens (tertiary/aromatic N) is 2. The summed E-state index contributed by atoms with van der Waals surface area (Å²) in [6.45, 7) is 0.0372. The van der Waals surface area contributed by atoms with E-state index in [1.54, 1.807) is 33.1 Å². The molecule has 3 aliphatic carbocycles. The highest BCUT2D eigenvalue weighted by Crippen LogP contribution is 2.54. The fourth-order valence-corrected chi connectivity index (χ4v) is 6.32. The molecule has 0 spiro atoms. The van der Waals surface area contributed by atoms with Gasteiger partial charge in [0.25, 0.3) is 5.91 Å². The van der Waals surface area contributed by atoms with Crippen LogP contribution in [0.25, 0.3) is 5.76 Å². The van der Waals surface area contributed by atoms with Gasteiger partial charge in [-0.2, -0.15) is 0 Å². The van der Waals surface area contributed by atoms with Gasteiger partial charge in [-0.05, 0) is 44.5 Å². The summed E-state index contributed by atoms with van der Waals surface area (Å²) in [4.78, 5) is 42.2. The highest BCUT2D eigenvalue weighted by atomic mass is 16.6. The summed E-state index contributed by atoms with van der Waals surface area (Å²) in [5, 5.41) is 56.4. The number of nitrogens with two attached hydrogens (primary N) is 1. The molecule has 13 heteroatoms. The van der Waals surface area contributed by atoms with Gasteiger partial charge in [-0.3, -0.25) is 14.5 Å². The van der Waals surface area contributed by atoms with E-state index in [0.29, 0.717) is 11.3 Å². The van der Waals surface area contributed by atoms with Crippen molar-refractivity contribution >= 4 is 29.1 Å². The number of benzene rings is 1. The van der Waals surface area contributed by atoms with Gasteiger partial charge < -0.3 is 45.6 Å². The molecule has 1 saturated carbocycles. The van der Waals surface area contributed by atoms with Gasteiger partial charge >= 0.3 is 5.97 Å². The number of aliphatic hydroxyl groups is 4. The van der Waals surface area contributed by atoms with Crippen molar-refractivity contribution in [1.82, 2.24) is 4.90 Å². The van der Waals surface area contributed by atoms with Crippen LogP contribution in [-0.2, 0) is 25.5 Å². The number of Topliss-reactive ketones (excluding diaryl/α,β-unsaturated/α-hetero) is 1. The van der Waals surface area contributed by atoms with Gasteiger partial charge in [0.2, 0.25) is 0 Å². The fourth-order valence-electron chi connectivity index (χ4n) is 6.32. The first-order valence-corrected chi connectivity index (χ1v) is 12.7. The number of aromatic hydroxyl groups is 1. The Bertz CT molecular complexity index is 1330. The van der Waals surface area contributed by atoms with Crippen LogP contribution in [0.1, 0.15) is 27.9 Å². The summed E-state index contributed by atoms with van der Waals surface area (Å²) < 4.78 is 10.0. The van der Waals surface area contributed by atoms with Gasteiger partial charge in [-0.15, -0.1) is 0 Å². The molecule has 3 aliphatic rings. The molecular weight excluding hydrogens is 526 g/mol. The van der Waals surface area contributed by atoms with Crippen molar-refractivity contribution in [3.8, 4) is 5.75 Å². The molecule has 0 aromatic heterocycles. The molecule has 5 atom stereocenters. The molecule has 1 unspecified atom stereocenters. The van der Waals surface area contributed by atoms with Crippen LogP contribution in [0.5, 0.6) is 5.75 Å². The van der Waals surface area contributed by atoms with Gasteiger partial charge in [0.05, 0.1) is 23.8 Å². The van der Waals surface area contributed by atoms with Crippen LogP contribution in [0.4, 0.5) is 5.69 Å². The maximum atomic E-state index is 14.0. The number of fused-ring (bicyclic) bond motifs is 3. The molecule has 1 aromatic carbocycles. The topological polar surface area (TPSA) is 203 Å². The number of phenolic OH excluding ortho intramolecular Hbond substituents is 1. The first kappa shape index (κ1) is 29.3. The first-order valence-electron chi connectivity index (χ1n) is 12.7. The largest absolute Gasteiger partial charge is 0.510 e. The molecule has 218 valence electrons. The van der Waals surface area contributed by atoms with E-state index in [1.165, 1.54) is 18.1 Å². The molecule has 0 saturated heterocycles. The monoisotopic (exact) mass is 561 g/mol. The summed E-state index contributed by atoms with van der Waals surface area (Å²) in [7, 11) is 8.01. The minimum absolute atomic E-state index is 0.0194. The second kappa shape index (κ2) is 10.4. The molecule has 40 heavy (non-hydrogen) atoms. The number of hydrogen-bond donors (Lipinski definition) is 6. The summed E-state index contributed by atoms with van der Waals surface area (Å²) >= 11 is 0. The van der Waals surface area contributed by atoms with Gasteiger partial charge in [0.15, 0.2) is 11.4 Å². The van der Waals surface area contributed by atoms with Gasteiger partial charge in [0.1, 0.15) is 35.5 Å². The van der Waals surface area contributed by atoms with Crippen LogP contribution in [0.3, 0.4) is 0 Å². The molecule has 0 bridgehead atoms. The van der Waals surface area contributed by atoms with Crippen LogP contribution in [0.15, 0.2) is 23.0 Å². The summed E-state index contributed by atoms with van der Waals surface area (Å²) in [6, 6.07) is 0.388. The molecule has 1 amide bonds. The third-order valence-electron chi connectivity index (χ3n) is 8.12. The number of esters is 1. The Morgan fingerprint density at radius 1 is 1.15 bits per heavy atom. The van der Waals surface area contributed by atoms with E-state index in [4.69, 9.17) is 15.2 Å². The fraction of sp³-hybridized carbons (Fsp3) is 0.519. The Morgan fingerprint density at radius 2 is 1.80 bits per heavy atom. The maximum absolute atomic E-state index is 14.0. The van der Waals surface area contributed by atoms with Crippen molar-refractivity contribution in [1.29, 1.82) is 0 Å². The summed E-state index contributed by atoms with van der Waals surface area (Å²) in [5.41, 5.74) is 2.33. The molecule has 1 fully saturated rings. The number of likely N-dealkylation sites (N-methyl/N-ethyl adjacent to an activating group) is 1. The van der Waals surface area contributed by atoms with Crippen LogP contribution in [-0.4, -0.2) is 114 Å². The van der Waals surface area contributed by atoms with Gasteiger partial charge in [0, 0.05) is 38.4 Å². The third kappa shape index (κ3) is 4.20. The van der Waals surface area contributed by atoms with Gasteiger partial charge in [-0.25, -0.2) is 4.79 Å². The number of carbonyl (C=O) groups is 3. The van der Waals surface area contributed by atoms with E-state index in [1.807, 2.05) is 0 Å². The van der Waals surface area contributed by atoms with Crippen molar-refractivity contribution < 1.29 is 49.4 Å². The van der Waals surface area contributed by atoms with Crippen LogP contribution >= 0.6 is 0 Å². The van der Waals surface area contributed by atoms with E-state index < -0.39 is 70.1 Å². The number of amides is 1. The summed E-state index contributed by atoms with van der Waals surface area (Å²) in [6.07, 6.45) is -2.03. The SMILES string of the molecule is COCCOC(=O)c1cc(N(C)C)c2c(c1O)C(O)=C1C(=O)[C@]3(O)C(O)C(C(N)=O)=C(O)[C@@H](N(C)C)[C@@H]3C[C@@H]1C2. The minimum Gasteiger partial charge on any atom is -0.510 e. The van der Waals surface area contributed by atoms with Crippen LogP contribution < -0.4 is 10.6 Å². The van der Waals surface area contributed by atoms with Crippen molar-refractivity contribution in [3.63, 3.8) is 0 Å². The minimum atomic E-state index is -2.63. The number of aliphatic hydroxyl groups excluding tert-OH is 3. The Labute approximate surface area is 230 Å². The zero-order valence-electron chi connectivity index (χ0n) is 23.0. The number of carbonyl (C=O) groups excluding carboxylic acids is 3. The van der Waals surface area contributed by atoms with Crippen molar-refractivity contribution in [2.24, 2.45) is 17.6 Å². The normalized spacial score (nSPS) is 27.8. The zero-order valence-corrected chi connectivity index (χ0v) is 23.0. The Kier molecular flexibility index (Phi) is 7.62. The van der Waals surface area contributed by atoms with E-state index in [-0.39, 0.29) is 42.8 Å². The van der Waals surface area contributed by atoms with E-state index in [0.717, 1.165) is 0 Å². The molecule has 0 radical (unpaired) electrons. The van der Waals surface area contributed by atoms with E-state index in [9.17, 15) is 39.9 Å². The number of ketones is 1. The van der Waals surface area contributed by atoms with E-state index in [2.05, 4.69) is 0 Å². The lowest BCUT2D eigenvalue weighted by Crippen LogP contribution is -2.68. The predicted octanol–water partition coefficient (Wildman–Crippen LogP) is -0.375. The number of rotatable bonds is 7. The molecule has 1 aromatic rings. The van der Waals surface area contributed by atoms with Crippen LogP contribution in [0, 0.1) is 11.8 Å². The maximum Gasteiger partial charge on any atom is 0.342 e. The highest BCUT2D eigenvalue weighted by molar-refractivity contribution is 6.12. The Balaban J connectivity index is 1.92. The van der Waals surface area contributed by atoms with Crippen LogP contribution in [0.2, 0.25) is 0 Å². The number of methoxy groups -OCH3 is 1. The number of ether oxygens (including phenoxy) is 2. The lowest BCUT2D eigenvalue weighted by molar-refractivity contribution is -0.170. The Hall–Kier alpha value is -3.65. The number of hydrogen-bond acceptors (Lipinski definition) is 12. The number of primary amides is 1. The molecular formula is C27H35N3O10. The van der Waals surface area contributed by atoms with E-state index >= 15 is 0 Å². The van der Waals surface area contributed by atoms with Gasteiger partial charge in [-0.1, -0.05) is 0 Å². The standard InChI is InChI=1S/C27H35N3O10/c1-29(2)15-10-13(26(37)40-7-6-39-5)20(31)17-12(15)8-11-9-14-19(30(3)4)22(33)18(25(28)36)24(35)27(14,38)23(34)16(11)21(17)32/h10-11,14,19,24,31-33,35,38H,6-9H2,1-5H3,(H2,28,36)/t11-,14-,19-,24?,27-/m0/s1. The molecule has 7 N–H and O–H groups in total. The Morgan fingerprint density at radius 3 is 2.35 bits per heavy atom. The van der Waals surface area contributed by atoms with Crippen molar-refractivity contribution in [2.75, 3.05) is 53.4 Å². The average molecular weight is 562 g/mol. The smallest absolute Gasteiger partial charge is 0.342 e. The average Bonchev–Trinajstić information content (AvgIpc) is 2.85. The predicted molar refractivity (Wildman–Crippen MR) is 142 cm³/mol. The quantitative estimate of drug-likeness (QED) is 0.186. The third-order valence-corrected chi connectivity index (χ3v) is 8.12. The molecule has 0 aliphatic heterocycles. The number of anilines is 1. The summed E-state index contributed by atoms with van der Waals surface area (Å²) in [5.74, 6) is -6.75. The van der Waals surface area contributed by atoms with Crippen molar-refractivity contribution in [2.45, 2.75) is 30.6 Å². The lowest BCUT2D eigenvalue weighted by atomic mass is 9.56. The second-order valence-electron chi connectivity index (χ2n) is 10.8. The molecule has 4 rings (SSSR count). The lowest BCUT2D eigenvalue weighted by Gasteiger charge is -2.53. The second-order valence-corrected chi connectivity index (χ2v) is 10.8. The first-order chi connectivity index (χ1) is 18.7. The zero-order chi connectivity index (χ0) is 29.8. The number of phenols is 1.